The number of rotatable bonds is 3. The SMILES string of the molecule is Cc1noc2nc3c(c(C(=O)N[C@H]4CCCN(c5ncccn5)C4)c12)CCC3. The average Bonchev–Trinajstić information content (AvgIpc) is 3.34. The van der Waals surface area contributed by atoms with Gasteiger partial charge >= 0.3 is 0 Å². The van der Waals surface area contributed by atoms with Gasteiger partial charge in [0, 0.05) is 37.2 Å². The van der Waals surface area contributed by atoms with E-state index in [0.29, 0.717) is 29.5 Å². The molecule has 1 saturated heterocycles. The number of nitrogens with one attached hydrogen (secondary N) is 1. The van der Waals surface area contributed by atoms with E-state index in [1.165, 1.54) is 0 Å². The normalized spacial score (nSPS) is 19.0. The first-order valence-corrected chi connectivity index (χ1v) is 9.81. The van der Waals surface area contributed by atoms with Gasteiger partial charge in [-0.15, -0.1) is 0 Å². The van der Waals surface area contributed by atoms with Gasteiger partial charge in [0.15, 0.2) is 0 Å². The highest BCUT2D eigenvalue weighted by atomic mass is 16.5. The van der Waals surface area contributed by atoms with Crippen molar-refractivity contribution in [3.05, 3.63) is 41.0 Å². The number of carbonyl (C=O) groups is 1. The molecule has 3 aromatic heterocycles. The van der Waals surface area contributed by atoms with Crippen LogP contribution in [0, 0.1) is 6.92 Å². The number of hydrogen-bond donors (Lipinski definition) is 1. The van der Waals surface area contributed by atoms with Crippen LogP contribution >= 0.6 is 0 Å². The Hall–Kier alpha value is -3.03. The summed E-state index contributed by atoms with van der Waals surface area (Å²) >= 11 is 0. The Kier molecular flexibility index (Phi) is 4.18. The summed E-state index contributed by atoms with van der Waals surface area (Å²) in [5, 5.41) is 8.02. The van der Waals surface area contributed by atoms with E-state index in [0.717, 1.165) is 55.3 Å². The van der Waals surface area contributed by atoms with Crippen molar-refractivity contribution in [3.63, 3.8) is 0 Å². The molecular weight excluding hydrogens is 356 g/mol. The molecule has 8 nitrogen and oxygen atoms in total. The van der Waals surface area contributed by atoms with Crippen LogP contribution in [0.4, 0.5) is 5.95 Å². The van der Waals surface area contributed by atoms with Crippen LogP contribution in [-0.4, -0.2) is 45.1 Å². The number of aryl methyl sites for hydroxylation is 2. The average molecular weight is 378 g/mol. The van der Waals surface area contributed by atoms with Crippen molar-refractivity contribution in [3.8, 4) is 0 Å². The molecule has 2 aliphatic rings. The fraction of sp³-hybridized carbons (Fsp3) is 0.450. The summed E-state index contributed by atoms with van der Waals surface area (Å²) < 4.78 is 5.36. The molecule has 1 fully saturated rings. The van der Waals surface area contributed by atoms with Crippen molar-refractivity contribution in [2.75, 3.05) is 18.0 Å². The summed E-state index contributed by atoms with van der Waals surface area (Å²) in [6.45, 7) is 3.46. The maximum atomic E-state index is 13.3. The van der Waals surface area contributed by atoms with Crippen molar-refractivity contribution in [1.29, 1.82) is 0 Å². The van der Waals surface area contributed by atoms with Gasteiger partial charge in [-0.25, -0.2) is 15.0 Å². The summed E-state index contributed by atoms with van der Waals surface area (Å²) in [7, 11) is 0. The van der Waals surface area contributed by atoms with Gasteiger partial charge in [-0.3, -0.25) is 4.79 Å². The molecule has 0 radical (unpaired) electrons. The van der Waals surface area contributed by atoms with Gasteiger partial charge in [0.25, 0.3) is 11.6 Å². The highest BCUT2D eigenvalue weighted by molar-refractivity contribution is 6.07. The van der Waals surface area contributed by atoms with E-state index in [1.807, 2.05) is 13.0 Å². The Bertz CT molecular complexity index is 1030. The Labute approximate surface area is 162 Å². The predicted octanol–water partition coefficient (Wildman–Crippen LogP) is 2.21. The second-order valence-electron chi connectivity index (χ2n) is 7.52. The molecule has 0 bridgehead atoms. The molecule has 8 heteroatoms. The maximum Gasteiger partial charge on any atom is 0.259 e. The molecule has 0 unspecified atom stereocenters. The number of hydrogen-bond acceptors (Lipinski definition) is 7. The maximum absolute atomic E-state index is 13.3. The van der Waals surface area contributed by atoms with Crippen LogP contribution in [0.3, 0.4) is 0 Å². The van der Waals surface area contributed by atoms with E-state index in [-0.39, 0.29) is 11.9 Å². The number of anilines is 1. The van der Waals surface area contributed by atoms with Crippen LogP contribution in [0.5, 0.6) is 0 Å². The van der Waals surface area contributed by atoms with Gasteiger partial charge in [-0.1, -0.05) is 5.16 Å². The molecule has 3 aromatic rings. The Morgan fingerprint density at radius 1 is 1.25 bits per heavy atom. The van der Waals surface area contributed by atoms with Crippen LogP contribution in [0.2, 0.25) is 0 Å². The fourth-order valence-electron chi connectivity index (χ4n) is 4.36. The smallest absolute Gasteiger partial charge is 0.259 e. The van der Waals surface area contributed by atoms with E-state index in [4.69, 9.17) is 4.52 Å². The lowest BCUT2D eigenvalue weighted by atomic mass is 10.0. The van der Waals surface area contributed by atoms with E-state index in [9.17, 15) is 4.79 Å². The third-order valence-corrected chi connectivity index (χ3v) is 5.64. The summed E-state index contributed by atoms with van der Waals surface area (Å²) in [5.74, 6) is 0.654. The lowest BCUT2D eigenvalue weighted by molar-refractivity contribution is 0.0933. The van der Waals surface area contributed by atoms with Crippen LogP contribution < -0.4 is 10.2 Å². The highest BCUT2D eigenvalue weighted by Gasteiger charge is 2.29. The monoisotopic (exact) mass is 378 g/mol. The lowest BCUT2D eigenvalue weighted by Crippen LogP contribution is -2.48. The molecule has 1 aliphatic heterocycles. The largest absolute Gasteiger partial charge is 0.347 e. The molecule has 1 aliphatic carbocycles. The Morgan fingerprint density at radius 2 is 2.11 bits per heavy atom. The minimum atomic E-state index is -0.0577. The first-order chi connectivity index (χ1) is 13.7. The summed E-state index contributed by atoms with van der Waals surface area (Å²) in [5.41, 5.74) is 3.90. The van der Waals surface area contributed by atoms with Crippen molar-refractivity contribution in [2.45, 2.75) is 45.1 Å². The fourth-order valence-corrected chi connectivity index (χ4v) is 4.36. The Balaban J connectivity index is 1.42. The van der Waals surface area contributed by atoms with Crippen LogP contribution in [0.25, 0.3) is 11.1 Å². The van der Waals surface area contributed by atoms with E-state index in [2.05, 4.69) is 30.3 Å². The molecular formula is C20H22N6O2. The van der Waals surface area contributed by atoms with Crippen LogP contribution in [0.15, 0.2) is 23.0 Å². The van der Waals surface area contributed by atoms with Gasteiger partial charge in [0.05, 0.1) is 16.6 Å². The zero-order valence-corrected chi connectivity index (χ0v) is 15.8. The zero-order chi connectivity index (χ0) is 19.1. The summed E-state index contributed by atoms with van der Waals surface area (Å²) in [4.78, 5) is 28.7. The first-order valence-electron chi connectivity index (χ1n) is 9.81. The molecule has 4 heterocycles. The molecule has 28 heavy (non-hydrogen) atoms. The van der Waals surface area contributed by atoms with E-state index >= 15 is 0 Å². The summed E-state index contributed by atoms with van der Waals surface area (Å²) in [6.07, 6.45) is 8.19. The number of aromatic nitrogens is 4. The molecule has 1 amide bonds. The van der Waals surface area contributed by atoms with Gasteiger partial charge in [-0.05, 0) is 50.7 Å². The molecule has 0 spiro atoms. The second kappa shape index (κ2) is 6.85. The summed E-state index contributed by atoms with van der Waals surface area (Å²) in [6, 6.07) is 1.86. The molecule has 0 saturated carbocycles. The molecule has 1 atom stereocenters. The number of nitrogens with zero attached hydrogens (tertiary/aromatic N) is 5. The highest BCUT2D eigenvalue weighted by Crippen LogP contribution is 2.31. The number of amides is 1. The molecule has 1 N–H and O–H groups in total. The quantitative estimate of drug-likeness (QED) is 0.746. The number of piperidine rings is 1. The zero-order valence-electron chi connectivity index (χ0n) is 15.8. The van der Waals surface area contributed by atoms with Gasteiger partial charge in [-0.2, -0.15) is 0 Å². The number of carbonyl (C=O) groups excluding carboxylic acids is 1. The Morgan fingerprint density at radius 3 is 2.96 bits per heavy atom. The van der Waals surface area contributed by atoms with Gasteiger partial charge in [0.2, 0.25) is 5.95 Å². The van der Waals surface area contributed by atoms with E-state index in [1.54, 1.807) is 12.4 Å². The third-order valence-electron chi connectivity index (χ3n) is 5.64. The van der Waals surface area contributed by atoms with E-state index < -0.39 is 0 Å². The predicted molar refractivity (Wildman–Crippen MR) is 103 cm³/mol. The van der Waals surface area contributed by atoms with Crippen LogP contribution in [-0.2, 0) is 12.8 Å². The van der Waals surface area contributed by atoms with Gasteiger partial charge in [0.1, 0.15) is 0 Å². The standard InChI is InChI=1S/C20H22N6O2/c1-12-16-17(14-6-2-7-15(14)24-19(16)28-25-12)18(27)23-13-5-3-10-26(11-13)20-21-8-4-9-22-20/h4,8-9,13H,2-3,5-7,10-11H2,1H3,(H,23,27)/t13-/m0/s1. The molecule has 5 rings (SSSR count). The van der Waals surface area contributed by atoms with Crippen LogP contribution in [0.1, 0.15) is 46.6 Å². The first kappa shape index (κ1) is 17.1. The van der Waals surface area contributed by atoms with Crippen molar-refractivity contribution < 1.29 is 9.32 Å². The number of pyridine rings is 1. The van der Waals surface area contributed by atoms with Crippen molar-refractivity contribution in [2.24, 2.45) is 0 Å². The minimum Gasteiger partial charge on any atom is -0.347 e. The topological polar surface area (TPSA) is 97.0 Å². The third kappa shape index (κ3) is 2.89. The molecule has 0 aromatic carbocycles. The van der Waals surface area contributed by atoms with Crippen molar-refractivity contribution in [1.82, 2.24) is 25.4 Å². The molecule has 144 valence electrons. The van der Waals surface area contributed by atoms with Crippen molar-refractivity contribution >= 4 is 23.0 Å². The van der Waals surface area contributed by atoms with Gasteiger partial charge < -0.3 is 14.7 Å². The number of fused-ring (bicyclic) bond motifs is 2. The minimum absolute atomic E-state index is 0.0468. The second-order valence-corrected chi connectivity index (χ2v) is 7.52. The lowest BCUT2D eigenvalue weighted by Gasteiger charge is -2.33.